The summed E-state index contributed by atoms with van der Waals surface area (Å²) in [5, 5.41) is -1.84. The van der Waals surface area contributed by atoms with Gasteiger partial charge in [-0.2, -0.15) is 4.39 Å². The van der Waals surface area contributed by atoms with Crippen molar-refractivity contribution in [2.24, 2.45) is 0 Å². The Morgan fingerprint density at radius 3 is 2.86 bits per heavy atom. The van der Waals surface area contributed by atoms with Crippen LogP contribution in [0, 0.1) is 11.6 Å². The molecular formula is C16H13B2F2N2O6P. The molecule has 1 saturated heterocycles. The van der Waals surface area contributed by atoms with E-state index in [0.29, 0.717) is 11.3 Å². The zero-order chi connectivity index (χ0) is 20.8. The van der Waals surface area contributed by atoms with Crippen LogP contribution >= 0.6 is 8.60 Å². The Labute approximate surface area is 166 Å². The summed E-state index contributed by atoms with van der Waals surface area (Å²) in [7, 11) is 10.1. The Bertz CT molecular complexity index is 1050. The first-order valence-corrected chi connectivity index (χ1v) is 9.65. The molecule has 1 aromatic heterocycles. The highest BCUT2D eigenvalue weighted by atomic mass is 31.2. The van der Waals surface area contributed by atoms with Crippen molar-refractivity contribution < 1.29 is 27.1 Å². The van der Waals surface area contributed by atoms with E-state index in [4.69, 9.17) is 34.0 Å². The first-order chi connectivity index (χ1) is 13.7. The minimum atomic E-state index is -1.98. The van der Waals surface area contributed by atoms with E-state index in [2.05, 4.69) is 0 Å². The van der Waals surface area contributed by atoms with Gasteiger partial charge >= 0.3 is 14.3 Å². The molecule has 3 heterocycles. The lowest BCUT2D eigenvalue weighted by Gasteiger charge is -2.36. The predicted molar refractivity (Wildman–Crippen MR) is 98.5 cm³/mol. The van der Waals surface area contributed by atoms with Crippen LogP contribution in [0.3, 0.4) is 0 Å². The Morgan fingerprint density at radius 2 is 2.07 bits per heavy atom. The summed E-state index contributed by atoms with van der Waals surface area (Å²) in [6, 6.07) is 3.97. The zero-order valence-corrected chi connectivity index (χ0v) is 15.7. The Morgan fingerprint density at radius 1 is 1.28 bits per heavy atom. The molecule has 0 spiro atoms. The van der Waals surface area contributed by atoms with Crippen LogP contribution in [0.15, 0.2) is 34.0 Å². The quantitative estimate of drug-likeness (QED) is 0.594. The summed E-state index contributed by atoms with van der Waals surface area (Å²) in [4.78, 5) is 24.9. The van der Waals surface area contributed by atoms with E-state index >= 15 is 0 Å². The molecule has 3 unspecified atom stereocenters. The molecule has 2 aliphatic rings. The highest BCUT2D eigenvalue weighted by Crippen LogP contribution is 2.50. The van der Waals surface area contributed by atoms with Crippen LogP contribution in [0.4, 0.5) is 8.78 Å². The first kappa shape index (κ1) is 20.3. The summed E-state index contributed by atoms with van der Waals surface area (Å²) in [6.07, 6.45) is -0.443. The number of hydrogen-bond acceptors (Lipinski definition) is 6. The molecule has 8 nitrogen and oxygen atoms in total. The van der Waals surface area contributed by atoms with Gasteiger partial charge in [-0.15, -0.1) is 0 Å². The molecule has 4 radical (unpaired) electrons. The summed E-state index contributed by atoms with van der Waals surface area (Å²) in [5.74, 6) is -1.16. The van der Waals surface area contributed by atoms with Crippen molar-refractivity contribution in [3.63, 3.8) is 0 Å². The third-order valence-corrected chi connectivity index (χ3v) is 5.64. The highest BCUT2D eigenvalue weighted by molar-refractivity contribution is 7.42. The molecular weight excluding hydrogens is 407 g/mol. The van der Waals surface area contributed by atoms with Crippen LogP contribution in [0.1, 0.15) is 24.6 Å². The van der Waals surface area contributed by atoms with Crippen LogP contribution in [0.2, 0.25) is 0 Å². The van der Waals surface area contributed by atoms with Gasteiger partial charge < -0.3 is 13.8 Å². The van der Waals surface area contributed by atoms with Crippen molar-refractivity contribution >= 4 is 24.3 Å². The second-order valence-electron chi connectivity index (χ2n) is 6.59. The Hall–Kier alpha value is -2.00. The van der Waals surface area contributed by atoms with E-state index in [0.717, 1.165) is 10.8 Å². The number of rotatable bonds is 4. The highest BCUT2D eigenvalue weighted by Gasteiger charge is 2.41. The molecule has 1 aromatic carbocycles. The second-order valence-corrected chi connectivity index (χ2v) is 7.66. The second kappa shape index (κ2) is 7.68. The minimum absolute atomic E-state index is 0.0507. The van der Waals surface area contributed by atoms with E-state index in [1.807, 2.05) is 4.98 Å². The van der Waals surface area contributed by atoms with Gasteiger partial charge in [0.1, 0.15) is 33.5 Å². The lowest BCUT2D eigenvalue weighted by atomic mass is 9.61. The van der Waals surface area contributed by atoms with Crippen LogP contribution in [-0.2, 0) is 20.4 Å². The maximum Gasteiger partial charge on any atom is 0.396 e. The van der Waals surface area contributed by atoms with Crippen LogP contribution in [-0.4, -0.2) is 36.7 Å². The van der Waals surface area contributed by atoms with Gasteiger partial charge in [0.15, 0.2) is 0 Å². The van der Waals surface area contributed by atoms with Gasteiger partial charge in [-0.1, -0.05) is 0 Å². The molecule has 2 aliphatic heterocycles. The van der Waals surface area contributed by atoms with Gasteiger partial charge in [0, 0.05) is 11.0 Å². The minimum Gasteiger partial charge on any atom is -0.426 e. The number of aromatic amines is 1. The van der Waals surface area contributed by atoms with Gasteiger partial charge in [0.05, 0.1) is 18.9 Å². The standard InChI is InChI=1S/C16H13B2F2N2O6P/c17-16(18,28-29-25-7-8-5-9(19)1-2-11(8)27-29)12-3-4-13(26-12)22-6-10(20)14(23)21-15(22)24/h1-2,5-6,12-13H,3-4,7H2,(H,21,23,24). The molecule has 0 amide bonds. The van der Waals surface area contributed by atoms with Gasteiger partial charge in [-0.3, -0.25) is 18.9 Å². The van der Waals surface area contributed by atoms with E-state index in [1.165, 1.54) is 18.2 Å². The van der Waals surface area contributed by atoms with Crippen molar-refractivity contribution in [3.8, 4) is 5.75 Å². The molecule has 2 aromatic rings. The molecule has 0 saturated carbocycles. The smallest absolute Gasteiger partial charge is 0.396 e. The summed E-state index contributed by atoms with van der Waals surface area (Å²) >= 11 is 0. The van der Waals surface area contributed by atoms with Gasteiger partial charge in [0.2, 0.25) is 5.82 Å². The van der Waals surface area contributed by atoms with Gasteiger partial charge in [-0.05, 0) is 31.0 Å². The Kier molecular flexibility index (Phi) is 5.37. The van der Waals surface area contributed by atoms with Gasteiger partial charge in [-0.25, -0.2) is 9.18 Å². The van der Waals surface area contributed by atoms with E-state index in [-0.39, 0.29) is 19.4 Å². The molecule has 1 fully saturated rings. The monoisotopic (exact) mass is 420 g/mol. The average Bonchev–Trinajstić information content (AvgIpc) is 3.15. The fourth-order valence-electron chi connectivity index (χ4n) is 3.04. The molecule has 148 valence electrons. The average molecular weight is 420 g/mol. The van der Waals surface area contributed by atoms with E-state index < -0.39 is 49.2 Å². The SMILES string of the molecule is [B]C([B])(OP1OCc2cc(F)ccc2O1)C1CCC(n2cc(F)c(=O)[nH]c2=O)O1. The molecule has 0 aliphatic carbocycles. The maximum absolute atomic E-state index is 13.5. The molecule has 1 N–H and O–H groups in total. The van der Waals surface area contributed by atoms with E-state index in [9.17, 15) is 18.4 Å². The number of aromatic nitrogens is 2. The maximum atomic E-state index is 13.5. The van der Waals surface area contributed by atoms with Crippen LogP contribution < -0.4 is 15.8 Å². The van der Waals surface area contributed by atoms with Gasteiger partial charge in [0.25, 0.3) is 5.56 Å². The number of nitrogens with one attached hydrogen (secondary N) is 1. The first-order valence-electron chi connectivity index (χ1n) is 8.56. The third-order valence-electron chi connectivity index (χ3n) is 4.49. The van der Waals surface area contributed by atoms with Crippen molar-refractivity contribution in [3.05, 3.63) is 62.4 Å². The van der Waals surface area contributed by atoms with E-state index in [1.54, 1.807) is 0 Å². The topological polar surface area (TPSA) is 91.8 Å². The third kappa shape index (κ3) is 4.16. The number of fused-ring (bicyclic) bond motifs is 1. The van der Waals surface area contributed by atoms with Crippen molar-refractivity contribution in [1.82, 2.24) is 9.55 Å². The molecule has 4 rings (SSSR count). The number of halogens is 2. The van der Waals surface area contributed by atoms with Crippen LogP contribution in [0.25, 0.3) is 0 Å². The number of benzene rings is 1. The summed E-state index contributed by atoms with van der Waals surface area (Å²) in [6.45, 7) is 0.0507. The number of H-pyrrole nitrogens is 1. The molecule has 29 heavy (non-hydrogen) atoms. The number of hydrogen-bond donors (Lipinski definition) is 1. The lowest BCUT2D eigenvalue weighted by Crippen LogP contribution is -2.46. The number of nitrogens with zero attached hydrogens (tertiary/aromatic N) is 1. The largest absolute Gasteiger partial charge is 0.426 e. The lowest BCUT2D eigenvalue weighted by molar-refractivity contribution is -0.0472. The van der Waals surface area contributed by atoms with Crippen molar-refractivity contribution in [2.45, 2.75) is 37.2 Å². The fourth-order valence-corrected chi connectivity index (χ4v) is 4.14. The molecule has 0 bridgehead atoms. The predicted octanol–water partition coefficient (Wildman–Crippen LogP) is 1.34. The fraction of sp³-hybridized carbons (Fsp3) is 0.375. The van der Waals surface area contributed by atoms with Crippen LogP contribution in [0.5, 0.6) is 5.75 Å². The normalized spacial score (nSPS) is 24.1. The zero-order valence-electron chi connectivity index (χ0n) is 14.8. The molecule has 3 atom stereocenters. The molecule has 13 heteroatoms. The Balaban J connectivity index is 1.44. The van der Waals surface area contributed by atoms with Crippen molar-refractivity contribution in [1.29, 1.82) is 0 Å². The summed E-state index contributed by atoms with van der Waals surface area (Å²) < 4.78 is 49.8. The van der Waals surface area contributed by atoms with Crippen molar-refractivity contribution in [2.75, 3.05) is 0 Å². The number of ether oxygens (including phenoxy) is 1. The summed E-state index contributed by atoms with van der Waals surface area (Å²) in [5.41, 5.74) is -1.43.